The van der Waals surface area contributed by atoms with E-state index in [4.69, 9.17) is 10.00 Å². The Labute approximate surface area is 124 Å². The van der Waals surface area contributed by atoms with E-state index in [0.29, 0.717) is 6.54 Å². The Morgan fingerprint density at radius 3 is 2.81 bits per heavy atom. The molecule has 0 bridgehead atoms. The summed E-state index contributed by atoms with van der Waals surface area (Å²) in [6, 6.07) is 14.4. The molecule has 0 amide bonds. The van der Waals surface area contributed by atoms with Crippen LogP contribution in [0, 0.1) is 17.1 Å². The Bertz CT molecular complexity index is 649. The molecule has 0 spiro atoms. The van der Waals surface area contributed by atoms with E-state index in [1.165, 1.54) is 11.6 Å². The van der Waals surface area contributed by atoms with Crippen LogP contribution in [0.15, 0.2) is 42.5 Å². The molecule has 0 heterocycles. The minimum absolute atomic E-state index is 0.0853. The SMILES string of the molecule is COc1cccc(CCNCc2ccc(F)c(C#N)c2)c1. The van der Waals surface area contributed by atoms with Crippen molar-refractivity contribution in [2.24, 2.45) is 0 Å². The fourth-order valence-electron chi connectivity index (χ4n) is 2.06. The highest BCUT2D eigenvalue weighted by molar-refractivity contribution is 5.34. The number of halogens is 1. The summed E-state index contributed by atoms with van der Waals surface area (Å²) in [5.74, 6) is 0.377. The van der Waals surface area contributed by atoms with Gasteiger partial charge in [0.15, 0.2) is 0 Å². The second-order valence-corrected chi connectivity index (χ2v) is 4.70. The van der Waals surface area contributed by atoms with E-state index in [1.54, 1.807) is 19.2 Å². The van der Waals surface area contributed by atoms with Crippen LogP contribution in [0.1, 0.15) is 16.7 Å². The molecule has 2 aromatic carbocycles. The van der Waals surface area contributed by atoms with Crippen LogP contribution < -0.4 is 10.1 Å². The fourth-order valence-corrected chi connectivity index (χ4v) is 2.06. The number of nitriles is 1. The Kier molecular flexibility index (Phi) is 5.30. The average molecular weight is 284 g/mol. The lowest BCUT2D eigenvalue weighted by Crippen LogP contribution is -2.16. The van der Waals surface area contributed by atoms with Gasteiger partial charge in [-0.05, 0) is 48.4 Å². The Morgan fingerprint density at radius 1 is 1.19 bits per heavy atom. The minimum Gasteiger partial charge on any atom is -0.497 e. The largest absolute Gasteiger partial charge is 0.497 e. The molecule has 0 radical (unpaired) electrons. The van der Waals surface area contributed by atoms with Gasteiger partial charge in [-0.3, -0.25) is 0 Å². The second kappa shape index (κ2) is 7.41. The maximum atomic E-state index is 13.2. The Morgan fingerprint density at radius 2 is 2.05 bits per heavy atom. The number of nitrogens with one attached hydrogen (secondary N) is 1. The molecular weight excluding hydrogens is 267 g/mol. The number of ether oxygens (including phenoxy) is 1. The van der Waals surface area contributed by atoms with E-state index in [0.717, 1.165) is 24.3 Å². The summed E-state index contributed by atoms with van der Waals surface area (Å²) in [7, 11) is 1.65. The average Bonchev–Trinajstić information content (AvgIpc) is 2.53. The first-order valence-electron chi connectivity index (χ1n) is 6.75. The highest BCUT2D eigenvalue weighted by Crippen LogP contribution is 2.13. The second-order valence-electron chi connectivity index (χ2n) is 4.70. The van der Waals surface area contributed by atoms with Gasteiger partial charge in [0.2, 0.25) is 0 Å². The van der Waals surface area contributed by atoms with Crippen LogP contribution in [0.25, 0.3) is 0 Å². The van der Waals surface area contributed by atoms with Gasteiger partial charge in [-0.1, -0.05) is 18.2 Å². The molecule has 2 rings (SSSR count). The molecule has 0 saturated carbocycles. The van der Waals surface area contributed by atoms with Crippen LogP contribution in [-0.4, -0.2) is 13.7 Å². The maximum Gasteiger partial charge on any atom is 0.140 e. The fraction of sp³-hybridized carbons (Fsp3) is 0.235. The maximum absolute atomic E-state index is 13.2. The summed E-state index contributed by atoms with van der Waals surface area (Å²) in [4.78, 5) is 0. The zero-order chi connectivity index (χ0) is 15.1. The molecule has 0 aromatic heterocycles. The third-order valence-electron chi connectivity index (χ3n) is 3.20. The van der Waals surface area contributed by atoms with Crippen molar-refractivity contribution < 1.29 is 9.13 Å². The molecular formula is C17H17FN2O. The number of nitrogens with zero attached hydrogens (tertiary/aromatic N) is 1. The molecule has 21 heavy (non-hydrogen) atoms. The number of benzene rings is 2. The first-order chi connectivity index (χ1) is 10.2. The summed E-state index contributed by atoms with van der Waals surface area (Å²) >= 11 is 0. The lowest BCUT2D eigenvalue weighted by Gasteiger charge is -2.07. The van der Waals surface area contributed by atoms with Crippen LogP contribution in [-0.2, 0) is 13.0 Å². The molecule has 0 unspecified atom stereocenters. The number of hydrogen-bond acceptors (Lipinski definition) is 3. The van der Waals surface area contributed by atoms with Gasteiger partial charge in [0.25, 0.3) is 0 Å². The normalized spacial score (nSPS) is 10.1. The summed E-state index contributed by atoms with van der Waals surface area (Å²) in [5, 5.41) is 12.1. The Balaban J connectivity index is 1.83. The van der Waals surface area contributed by atoms with Crippen molar-refractivity contribution in [3.05, 3.63) is 65.0 Å². The number of hydrogen-bond donors (Lipinski definition) is 1. The zero-order valence-electron chi connectivity index (χ0n) is 11.9. The molecule has 3 nitrogen and oxygen atoms in total. The van der Waals surface area contributed by atoms with Gasteiger partial charge in [0.1, 0.15) is 17.6 Å². The minimum atomic E-state index is -0.474. The van der Waals surface area contributed by atoms with Gasteiger partial charge in [-0.2, -0.15) is 5.26 Å². The predicted octanol–water partition coefficient (Wildman–Crippen LogP) is 3.04. The quantitative estimate of drug-likeness (QED) is 0.829. The monoisotopic (exact) mass is 284 g/mol. The van der Waals surface area contributed by atoms with Gasteiger partial charge in [0.05, 0.1) is 12.7 Å². The molecule has 0 aliphatic heterocycles. The first-order valence-corrected chi connectivity index (χ1v) is 6.75. The molecule has 2 aromatic rings. The summed E-state index contributed by atoms with van der Waals surface area (Å²) in [6.07, 6.45) is 0.878. The highest BCUT2D eigenvalue weighted by atomic mass is 19.1. The van der Waals surface area contributed by atoms with Crippen molar-refractivity contribution in [2.45, 2.75) is 13.0 Å². The number of methoxy groups -OCH3 is 1. The van der Waals surface area contributed by atoms with Crippen molar-refractivity contribution in [3.8, 4) is 11.8 Å². The molecule has 0 fully saturated rings. The third kappa shape index (κ3) is 4.30. The van der Waals surface area contributed by atoms with Crippen molar-refractivity contribution in [1.29, 1.82) is 5.26 Å². The summed E-state index contributed by atoms with van der Waals surface area (Å²) < 4.78 is 18.4. The van der Waals surface area contributed by atoms with E-state index in [-0.39, 0.29) is 5.56 Å². The lowest BCUT2D eigenvalue weighted by atomic mass is 10.1. The molecule has 0 aliphatic rings. The van der Waals surface area contributed by atoms with Gasteiger partial charge >= 0.3 is 0 Å². The molecule has 108 valence electrons. The molecule has 0 saturated heterocycles. The van der Waals surface area contributed by atoms with Crippen LogP contribution in [0.4, 0.5) is 4.39 Å². The van der Waals surface area contributed by atoms with E-state index in [1.807, 2.05) is 24.3 Å². The topological polar surface area (TPSA) is 45.0 Å². The first kappa shape index (κ1) is 15.0. The van der Waals surface area contributed by atoms with Gasteiger partial charge in [-0.25, -0.2) is 4.39 Å². The van der Waals surface area contributed by atoms with Crippen molar-refractivity contribution in [1.82, 2.24) is 5.32 Å². The number of rotatable bonds is 6. The predicted molar refractivity (Wildman–Crippen MR) is 79.5 cm³/mol. The van der Waals surface area contributed by atoms with E-state index >= 15 is 0 Å². The van der Waals surface area contributed by atoms with Crippen LogP contribution in [0.5, 0.6) is 5.75 Å². The van der Waals surface area contributed by atoms with Crippen molar-refractivity contribution in [2.75, 3.05) is 13.7 Å². The standard InChI is InChI=1S/C17H17FN2O/c1-21-16-4-2-3-13(10-16)7-8-20-12-14-5-6-17(18)15(9-14)11-19/h2-6,9-10,20H,7-8,12H2,1H3. The molecule has 0 atom stereocenters. The van der Waals surface area contributed by atoms with Crippen molar-refractivity contribution >= 4 is 0 Å². The van der Waals surface area contributed by atoms with Gasteiger partial charge in [-0.15, -0.1) is 0 Å². The Hall–Kier alpha value is -2.38. The van der Waals surface area contributed by atoms with Crippen LogP contribution >= 0.6 is 0 Å². The van der Waals surface area contributed by atoms with Crippen molar-refractivity contribution in [3.63, 3.8) is 0 Å². The van der Waals surface area contributed by atoms with Gasteiger partial charge < -0.3 is 10.1 Å². The summed E-state index contributed by atoms with van der Waals surface area (Å²) in [6.45, 7) is 1.41. The molecule has 0 aliphatic carbocycles. The van der Waals surface area contributed by atoms with E-state index < -0.39 is 5.82 Å². The summed E-state index contributed by atoms with van der Waals surface area (Å²) in [5.41, 5.74) is 2.18. The lowest BCUT2D eigenvalue weighted by molar-refractivity contribution is 0.414. The third-order valence-corrected chi connectivity index (χ3v) is 3.20. The zero-order valence-corrected chi connectivity index (χ0v) is 11.9. The van der Waals surface area contributed by atoms with Crippen LogP contribution in [0.3, 0.4) is 0 Å². The van der Waals surface area contributed by atoms with E-state index in [9.17, 15) is 4.39 Å². The van der Waals surface area contributed by atoms with Gasteiger partial charge in [0, 0.05) is 6.54 Å². The molecule has 4 heteroatoms. The molecule has 1 N–H and O–H groups in total. The van der Waals surface area contributed by atoms with E-state index in [2.05, 4.69) is 11.4 Å². The highest BCUT2D eigenvalue weighted by Gasteiger charge is 2.02. The van der Waals surface area contributed by atoms with Crippen LogP contribution in [0.2, 0.25) is 0 Å². The smallest absolute Gasteiger partial charge is 0.140 e.